The van der Waals surface area contributed by atoms with E-state index in [9.17, 15) is 9.59 Å². The summed E-state index contributed by atoms with van der Waals surface area (Å²) < 4.78 is 0. The van der Waals surface area contributed by atoms with Gasteiger partial charge < -0.3 is 16.4 Å². The van der Waals surface area contributed by atoms with Crippen LogP contribution in [0.3, 0.4) is 0 Å². The van der Waals surface area contributed by atoms with Crippen LogP contribution in [0, 0.1) is 5.92 Å². The molecule has 0 spiro atoms. The predicted octanol–water partition coefficient (Wildman–Crippen LogP) is 1.37. The molecule has 1 atom stereocenters. The summed E-state index contributed by atoms with van der Waals surface area (Å²) in [6.07, 6.45) is 1.69. The van der Waals surface area contributed by atoms with E-state index in [4.69, 9.17) is 17.3 Å². The van der Waals surface area contributed by atoms with Gasteiger partial charge in [-0.1, -0.05) is 23.7 Å². The van der Waals surface area contributed by atoms with E-state index in [-0.39, 0.29) is 18.2 Å². The molecule has 114 valence electrons. The molecule has 6 heteroatoms. The molecule has 5 nitrogen and oxygen atoms in total. The van der Waals surface area contributed by atoms with Crippen LogP contribution in [0.4, 0.5) is 0 Å². The molecule has 1 aliphatic rings. The van der Waals surface area contributed by atoms with E-state index in [1.54, 1.807) is 18.2 Å². The normalized spacial score (nSPS) is 17.2. The molecule has 0 saturated carbocycles. The van der Waals surface area contributed by atoms with Crippen LogP contribution < -0.4 is 16.4 Å². The second-order valence-corrected chi connectivity index (χ2v) is 5.75. The number of nitrogens with two attached hydrogens (primary N) is 1. The second kappa shape index (κ2) is 7.43. The zero-order valence-electron chi connectivity index (χ0n) is 11.8. The minimum Gasteiger partial charge on any atom is -0.370 e. The Kier molecular flexibility index (Phi) is 5.59. The zero-order chi connectivity index (χ0) is 15.2. The molecule has 0 unspecified atom stereocenters. The summed E-state index contributed by atoms with van der Waals surface area (Å²) in [6, 6.07) is 6.70. The van der Waals surface area contributed by atoms with Crippen molar-refractivity contribution in [3.8, 4) is 0 Å². The van der Waals surface area contributed by atoms with E-state index in [0.29, 0.717) is 5.02 Å². The quantitative estimate of drug-likeness (QED) is 0.768. The molecule has 1 aromatic carbocycles. The van der Waals surface area contributed by atoms with Gasteiger partial charge in [0.25, 0.3) is 0 Å². The largest absolute Gasteiger partial charge is 0.370 e. The summed E-state index contributed by atoms with van der Waals surface area (Å²) in [5, 5.41) is 6.73. The highest BCUT2D eigenvalue weighted by atomic mass is 35.5. The van der Waals surface area contributed by atoms with Crippen molar-refractivity contribution in [2.45, 2.75) is 25.3 Å². The number of rotatable bonds is 5. The monoisotopic (exact) mass is 309 g/mol. The van der Waals surface area contributed by atoms with Gasteiger partial charge in [0.05, 0.1) is 12.5 Å². The smallest absolute Gasteiger partial charge is 0.223 e. The number of amides is 2. The molecule has 1 aromatic rings. The lowest BCUT2D eigenvalue weighted by Gasteiger charge is -2.25. The summed E-state index contributed by atoms with van der Waals surface area (Å²) in [7, 11) is 0. The first kappa shape index (κ1) is 15.8. The van der Waals surface area contributed by atoms with Crippen LogP contribution in [0.15, 0.2) is 24.3 Å². The average Bonchev–Trinajstić information content (AvgIpc) is 2.47. The van der Waals surface area contributed by atoms with E-state index in [2.05, 4.69) is 10.6 Å². The molecule has 21 heavy (non-hydrogen) atoms. The van der Waals surface area contributed by atoms with Gasteiger partial charge in [0.15, 0.2) is 0 Å². The number of hydrogen-bond donors (Lipinski definition) is 3. The molecule has 1 aliphatic heterocycles. The standard InChI is InChI=1S/C15H20ClN3O2/c16-12-3-1-2-11(8-12)13(9-14(17)20)19-15(21)10-4-6-18-7-5-10/h1-3,8,10,13,18H,4-7,9H2,(H2,17,20)(H,19,21)/t13-/m1/s1. The fourth-order valence-electron chi connectivity index (χ4n) is 2.55. The zero-order valence-corrected chi connectivity index (χ0v) is 12.5. The van der Waals surface area contributed by atoms with Crippen LogP contribution in [-0.4, -0.2) is 24.9 Å². The molecule has 2 amide bonds. The van der Waals surface area contributed by atoms with Crippen LogP contribution >= 0.6 is 11.6 Å². The average molecular weight is 310 g/mol. The first-order chi connectivity index (χ1) is 10.1. The van der Waals surface area contributed by atoms with Crippen LogP contribution in [0.1, 0.15) is 30.9 Å². The lowest BCUT2D eigenvalue weighted by atomic mass is 9.95. The van der Waals surface area contributed by atoms with E-state index >= 15 is 0 Å². The Morgan fingerprint density at radius 2 is 2.10 bits per heavy atom. The second-order valence-electron chi connectivity index (χ2n) is 5.31. The van der Waals surface area contributed by atoms with E-state index in [1.165, 1.54) is 0 Å². The fourth-order valence-corrected chi connectivity index (χ4v) is 2.75. The Hall–Kier alpha value is -1.59. The lowest BCUT2D eigenvalue weighted by molar-refractivity contribution is -0.127. The van der Waals surface area contributed by atoms with Gasteiger partial charge in [0.2, 0.25) is 11.8 Å². The summed E-state index contributed by atoms with van der Waals surface area (Å²) >= 11 is 5.97. The third-order valence-corrected chi connectivity index (χ3v) is 3.92. The van der Waals surface area contributed by atoms with E-state index < -0.39 is 11.9 Å². The molecule has 0 radical (unpaired) electrons. The third kappa shape index (κ3) is 4.72. The fraction of sp³-hybridized carbons (Fsp3) is 0.467. The SMILES string of the molecule is NC(=O)C[C@@H](NC(=O)C1CCNCC1)c1cccc(Cl)c1. The molecule has 1 heterocycles. The minimum absolute atomic E-state index is 0.0131. The van der Waals surface area contributed by atoms with Crippen LogP contribution in [0.2, 0.25) is 5.02 Å². The first-order valence-corrected chi connectivity index (χ1v) is 7.49. The van der Waals surface area contributed by atoms with Crippen LogP contribution in [0.5, 0.6) is 0 Å². The molecule has 0 bridgehead atoms. The highest BCUT2D eigenvalue weighted by molar-refractivity contribution is 6.30. The van der Waals surface area contributed by atoms with Gasteiger partial charge in [-0.2, -0.15) is 0 Å². The molecular formula is C15H20ClN3O2. The molecule has 0 aliphatic carbocycles. The summed E-state index contributed by atoms with van der Waals surface area (Å²) in [5.74, 6) is -0.492. The van der Waals surface area contributed by atoms with Gasteiger partial charge in [-0.25, -0.2) is 0 Å². The maximum Gasteiger partial charge on any atom is 0.223 e. The van der Waals surface area contributed by atoms with E-state index in [1.807, 2.05) is 6.07 Å². The summed E-state index contributed by atoms with van der Waals surface area (Å²) in [5.41, 5.74) is 6.08. The number of piperidine rings is 1. The van der Waals surface area contributed by atoms with Crippen molar-refractivity contribution in [3.63, 3.8) is 0 Å². The number of benzene rings is 1. The molecule has 0 aromatic heterocycles. The Balaban J connectivity index is 2.08. The molecular weight excluding hydrogens is 290 g/mol. The van der Waals surface area contributed by atoms with Crippen molar-refractivity contribution < 1.29 is 9.59 Å². The maximum atomic E-state index is 12.3. The topological polar surface area (TPSA) is 84.2 Å². The number of nitrogens with one attached hydrogen (secondary N) is 2. The van der Waals surface area contributed by atoms with Gasteiger partial charge in [0, 0.05) is 10.9 Å². The van der Waals surface area contributed by atoms with Gasteiger partial charge in [-0.15, -0.1) is 0 Å². The summed E-state index contributed by atoms with van der Waals surface area (Å²) in [4.78, 5) is 23.6. The van der Waals surface area contributed by atoms with Gasteiger partial charge in [0.1, 0.15) is 0 Å². The first-order valence-electron chi connectivity index (χ1n) is 7.11. The Morgan fingerprint density at radius 1 is 1.38 bits per heavy atom. The minimum atomic E-state index is -0.453. The van der Waals surface area contributed by atoms with Gasteiger partial charge in [-0.3, -0.25) is 9.59 Å². The van der Waals surface area contributed by atoms with Crippen molar-refractivity contribution in [2.24, 2.45) is 11.7 Å². The Morgan fingerprint density at radius 3 is 2.71 bits per heavy atom. The van der Waals surface area contributed by atoms with Gasteiger partial charge in [-0.05, 0) is 43.6 Å². The van der Waals surface area contributed by atoms with E-state index in [0.717, 1.165) is 31.5 Å². The summed E-state index contributed by atoms with van der Waals surface area (Å²) in [6.45, 7) is 1.69. The van der Waals surface area contributed by atoms with Crippen molar-refractivity contribution in [1.82, 2.24) is 10.6 Å². The highest BCUT2D eigenvalue weighted by Crippen LogP contribution is 2.22. The number of primary amides is 1. The molecule has 1 fully saturated rings. The Labute approximate surface area is 129 Å². The number of carbonyl (C=O) groups excluding carboxylic acids is 2. The van der Waals surface area contributed by atoms with Crippen LogP contribution in [0.25, 0.3) is 0 Å². The maximum absolute atomic E-state index is 12.3. The predicted molar refractivity (Wildman–Crippen MR) is 81.7 cm³/mol. The number of halogens is 1. The highest BCUT2D eigenvalue weighted by Gasteiger charge is 2.24. The van der Waals surface area contributed by atoms with Crippen molar-refractivity contribution in [2.75, 3.05) is 13.1 Å². The Bertz CT molecular complexity index is 515. The molecule has 4 N–H and O–H groups in total. The van der Waals surface area contributed by atoms with Crippen molar-refractivity contribution >= 4 is 23.4 Å². The number of hydrogen-bond acceptors (Lipinski definition) is 3. The molecule has 1 saturated heterocycles. The third-order valence-electron chi connectivity index (χ3n) is 3.68. The van der Waals surface area contributed by atoms with Crippen molar-refractivity contribution in [1.29, 1.82) is 0 Å². The van der Waals surface area contributed by atoms with Crippen LogP contribution in [-0.2, 0) is 9.59 Å². The van der Waals surface area contributed by atoms with Gasteiger partial charge >= 0.3 is 0 Å². The molecule has 2 rings (SSSR count). The van der Waals surface area contributed by atoms with Crippen molar-refractivity contribution in [3.05, 3.63) is 34.9 Å². The number of carbonyl (C=O) groups is 2. The lowest BCUT2D eigenvalue weighted by Crippen LogP contribution is -2.40.